The number of halogens is 2. The molecule has 10 heteroatoms. The minimum absolute atomic E-state index is 0.0145. The summed E-state index contributed by atoms with van der Waals surface area (Å²) in [4.78, 5) is 29.1. The zero-order valence-corrected chi connectivity index (χ0v) is 15.3. The number of amides is 2. The van der Waals surface area contributed by atoms with Gasteiger partial charge in [-0.2, -0.15) is 0 Å². The van der Waals surface area contributed by atoms with E-state index in [0.29, 0.717) is 18.8 Å². The van der Waals surface area contributed by atoms with E-state index in [4.69, 9.17) is 9.84 Å². The molecule has 2 saturated carbocycles. The summed E-state index contributed by atoms with van der Waals surface area (Å²) in [7, 11) is 0. The van der Waals surface area contributed by atoms with Crippen molar-refractivity contribution in [3.8, 4) is 5.88 Å². The highest BCUT2D eigenvalue weighted by molar-refractivity contribution is 5.90. The molecular formula is C18H24F2N4O4. The number of hydrogen-bond acceptors (Lipinski definition) is 5. The normalized spacial score (nSPS) is 21.3. The minimum Gasteiger partial charge on any atom is -0.480 e. The Bertz CT molecular complexity index is 696. The van der Waals surface area contributed by atoms with Crippen molar-refractivity contribution < 1.29 is 28.2 Å². The fourth-order valence-corrected chi connectivity index (χ4v) is 3.24. The van der Waals surface area contributed by atoms with Gasteiger partial charge in [-0.3, -0.25) is 9.69 Å². The van der Waals surface area contributed by atoms with Gasteiger partial charge in [-0.1, -0.05) is 0 Å². The molecule has 8 nitrogen and oxygen atoms in total. The van der Waals surface area contributed by atoms with Crippen molar-refractivity contribution in [3.05, 3.63) is 18.3 Å². The Kier molecular flexibility index (Phi) is 6.61. The SMILES string of the molecule is O=C(O)CN(CC1CC1)C1CC(NC(=O)Nc2cccnc2OCC(F)F)C1. The molecule has 154 valence electrons. The van der Waals surface area contributed by atoms with Gasteiger partial charge in [0.15, 0.2) is 6.61 Å². The van der Waals surface area contributed by atoms with Gasteiger partial charge < -0.3 is 20.5 Å². The lowest BCUT2D eigenvalue weighted by Crippen LogP contribution is -2.55. The zero-order valence-electron chi connectivity index (χ0n) is 15.3. The first-order chi connectivity index (χ1) is 13.4. The van der Waals surface area contributed by atoms with Crippen LogP contribution >= 0.6 is 0 Å². The summed E-state index contributed by atoms with van der Waals surface area (Å²) in [5.41, 5.74) is 0.206. The number of anilines is 1. The summed E-state index contributed by atoms with van der Waals surface area (Å²) < 4.78 is 29.5. The molecule has 2 aliphatic carbocycles. The molecule has 2 aliphatic rings. The molecule has 0 radical (unpaired) electrons. The summed E-state index contributed by atoms with van der Waals surface area (Å²) in [5, 5.41) is 14.4. The fraction of sp³-hybridized carbons (Fsp3) is 0.611. The molecule has 2 fully saturated rings. The van der Waals surface area contributed by atoms with E-state index in [1.54, 1.807) is 6.07 Å². The number of nitrogens with one attached hydrogen (secondary N) is 2. The molecule has 0 saturated heterocycles. The monoisotopic (exact) mass is 398 g/mol. The van der Waals surface area contributed by atoms with Gasteiger partial charge in [-0.05, 0) is 43.7 Å². The van der Waals surface area contributed by atoms with Crippen molar-refractivity contribution in [1.29, 1.82) is 0 Å². The van der Waals surface area contributed by atoms with Crippen LogP contribution in [0.25, 0.3) is 0 Å². The number of carboxylic acid groups (broad SMARTS) is 1. The highest BCUT2D eigenvalue weighted by atomic mass is 19.3. The first-order valence-electron chi connectivity index (χ1n) is 9.30. The van der Waals surface area contributed by atoms with E-state index in [1.165, 1.54) is 12.3 Å². The lowest BCUT2D eigenvalue weighted by Gasteiger charge is -2.42. The van der Waals surface area contributed by atoms with Crippen LogP contribution in [0.5, 0.6) is 5.88 Å². The highest BCUT2D eigenvalue weighted by Crippen LogP contribution is 2.33. The Morgan fingerprint density at radius 3 is 2.75 bits per heavy atom. The van der Waals surface area contributed by atoms with E-state index in [0.717, 1.165) is 19.4 Å². The first kappa shape index (κ1) is 20.2. The van der Waals surface area contributed by atoms with E-state index in [2.05, 4.69) is 15.6 Å². The Hall–Kier alpha value is -2.49. The molecule has 0 aromatic carbocycles. The maximum absolute atomic E-state index is 12.3. The van der Waals surface area contributed by atoms with Crippen LogP contribution < -0.4 is 15.4 Å². The standard InChI is InChI=1S/C18H24F2N4O4/c19-15(20)10-28-17-14(2-1-5-21-17)23-18(27)22-12-6-13(7-12)24(9-16(25)26)8-11-3-4-11/h1-2,5,11-13,15H,3-4,6-10H2,(H,25,26)(H2,22,23,27). The van der Waals surface area contributed by atoms with Gasteiger partial charge in [-0.15, -0.1) is 0 Å². The Balaban J connectivity index is 1.45. The van der Waals surface area contributed by atoms with Crippen LogP contribution in [0.1, 0.15) is 25.7 Å². The van der Waals surface area contributed by atoms with Crippen LogP contribution in [-0.2, 0) is 4.79 Å². The van der Waals surface area contributed by atoms with Crippen molar-refractivity contribution in [1.82, 2.24) is 15.2 Å². The van der Waals surface area contributed by atoms with Gasteiger partial charge >= 0.3 is 12.0 Å². The lowest BCUT2D eigenvalue weighted by atomic mass is 9.85. The van der Waals surface area contributed by atoms with E-state index in [-0.39, 0.29) is 30.2 Å². The van der Waals surface area contributed by atoms with E-state index < -0.39 is 25.0 Å². The zero-order chi connectivity index (χ0) is 20.1. The molecule has 0 bridgehead atoms. The Morgan fingerprint density at radius 1 is 1.36 bits per heavy atom. The molecule has 1 aromatic rings. The van der Waals surface area contributed by atoms with Crippen LogP contribution in [0.3, 0.4) is 0 Å². The molecule has 1 aromatic heterocycles. The maximum atomic E-state index is 12.3. The maximum Gasteiger partial charge on any atom is 0.319 e. The van der Waals surface area contributed by atoms with Gasteiger partial charge in [0.25, 0.3) is 6.43 Å². The van der Waals surface area contributed by atoms with Gasteiger partial charge in [0, 0.05) is 24.8 Å². The summed E-state index contributed by atoms with van der Waals surface area (Å²) >= 11 is 0. The number of alkyl halides is 2. The fourth-order valence-electron chi connectivity index (χ4n) is 3.24. The van der Waals surface area contributed by atoms with Crippen LogP contribution in [0, 0.1) is 5.92 Å². The lowest BCUT2D eigenvalue weighted by molar-refractivity contribution is -0.139. The van der Waals surface area contributed by atoms with Gasteiger partial charge in [-0.25, -0.2) is 18.6 Å². The predicted molar refractivity (Wildman–Crippen MR) is 96.6 cm³/mol. The number of carbonyl (C=O) groups excluding carboxylic acids is 1. The third-order valence-corrected chi connectivity index (χ3v) is 4.86. The third kappa shape index (κ3) is 6.01. The van der Waals surface area contributed by atoms with Gasteiger partial charge in [0.05, 0.1) is 6.54 Å². The number of urea groups is 1. The van der Waals surface area contributed by atoms with Crippen LogP contribution in [0.15, 0.2) is 18.3 Å². The Morgan fingerprint density at radius 2 is 2.11 bits per heavy atom. The van der Waals surface area contributed by atoms with Crippen molar-refractivity contribution in [2.45, 2.75) is 44.2 Å². The van der Waals surface area contributed by atoms with Crippen molar-refractivity contribution in [2.75, 3.05) is 25.0 Å². The largest absolute Gasteiger partial charge is 0.480 e. The number of carbonyl (C=O) groups is 2. The molecule has 3 rings (SSSR count). The molecule has 2 amide bonds. The van der Waals surface area contributed by atoms with Crippen LogP contribution in [0.4, 0.5) is 19.3 Å². The number of rotatable bonds is 10. The first-order valence-corrected chi connectivity index (χ1v) is 9.30. The molecule has 0 atom stereocenters. The second kappa shape index (κ2) is 9.13. The second-order valence-electron chi connectivity index (χ2n) is 7.25. The summed E-state index contributed by atoms with van der Waals surface area (Å²) in [6.45, 7) is -0.00493. The molecule has 0 spiro atoms. The number of nitrogens with zero attached hydrogens (tertiary/aromatic N) is 2. The second-order valence-corrected chi connectivity index (χ2v) is 7.25. The number of aromatic nitrogens is 1. The number of carboxylic acids is 1. The minimum atomic E-state index is -2.64. The van der Waals surface area contributed by atoms with Crippen LogP contribution in [0.2, 0.25) is 0 Å². The van der Waals surface area contributed by atoms with E-state index in [9.17, 15) is 18.4 Å². The highest BCUT2D eigenvalue weighted by Gasteiger charge is 2.37. The van der Waals surface area contributed by atoms with E-state index >= 15 is 0 Å². The quantitative estimate of drug-likeness (QED) is 0.558. The molecule has 1 heterocycles. The predicted octanol–water partition coefficient (Wildman–Crippen LogP) is 2.17. The Labute approximate surface area is 161 Å². The number of pyridine rings is 1. The smallest absolute Gasteiger partial charge is 0.319 e. The summed E-state index contributed by atoms with van der Waals surface area (Å²) in [6, 6.07) is 2.67. The average molecular weight is 398 g/mol. The number of ether oxygens (including phenoxy) is 1. The summed E-state index contributed by atoms with van der Waals surface area (Å²) in [6.07, 6.45) is 2.39. The van der Waals surface area contributed by atoms with E-state index in [1.807, 2.05) is 4.90 Å². The summed E-state index contributed by atoms with van der Waals surface area (Å²) in [5.74, 6) is -0.323. The molecular weight excluding hydrogens is 374 g/mol. The van der Waals surface area contributed by atoms with Crippen LogP contribution in [-0.4, -0.2) is 65.2 Å². The molecule has 28 heavy (non-hydrogen) atoms. The average Bonchev–Trinajstić information content (AvgIpc) is 3.40. The van der Waals surface area contributed by atoms with Crippen molar-refractivity contribution >= 4 is 17.7 Å². The molecule has 0 unspecified atom stereocenters. The third-order valence-electron chi connectivity index (χ3n) is 4.86. The number of hydrogen-bond donors (Lipinski definition) is 3. The molecule has 3 N–H and O–H groups in total. The van der Waals surface area contributed by atoms with Gasteiger partial charge in [0.1, 0.15) is 5.69 Å². The topological polar surface area (TPSA) is 104 Å². The van der Waals surface area contributed by atoms with Crippen molar-refractivity contribution in [3.63, 3.8) is 0 Å². The van der Waals surface area contributed by atoms with Gasteiger partial charge in [0.2, 0.25) is 5.88 Å². The number of aliphatic carboxylic acids is 1. The molecule has 0 aliphatic heterocycles. The van der Waals surface area contributed by atoms with Crippen molar-refractivity contribution in [2.24, 2.45) is 5.92 Å².